The summed E-state index contributed by atoms with van der Waals surface area (Å²) >= 11 is 3.39. The molecule has 0 bridgehead atoms. The van der Waals surface area contributed by atoms with Gasteiger partial charge in [0.1, 0.15) is 0 Å². The van der Waals surface area contributed by atoms with E-state index in [0.29, 0.717) is 16.7 Å². The van der Waals surface area contributed by atoms with Crippen molar-refractivity contribution in [2.24, 2.45) is 10.2 Å². The number of para-hydroxylation sites is 1. The molecular weight excluding hydrogens is 472 g/mol. The molecule has 0 radical (unpaired) electrons. The van der Waals surface area contributed by atoms with Gasteiger partial charge in [-0.05, 0) is 30.3 Å². The van der Waals surface area contributed by atoms with E-state index in [0.717, 1.165) is 15.7 Å². The van der Waals surface area contributed by atoms with Crippen molar-refractivity contribution < 1.29 is 9.90 Å². The summed E-state index contributed by atoms with van der Waals surface area (Å²) in [6, 6.07) is 24.3. The Kier molecular flexibility index (Phi) is 5.08. The minimum atomic E-state index is -0.722. The summed E-state index contributed by atoms with van der Waals surface area (Å²) < 4.78 is 2.40. The standard InChI is InChI=1S/C23H15BrN6O2/c24-15-11-12-18-17(13-15)19(22(31)25-18)27-28-23(32)20-26-21(14-7-3-1-4-8-14)30(29-20)16-9-5-2-6-10-16/h1-13,25,31H. The highest BCUT2D eigenvalue weighted by molar-refractivity contribution is 9.10. The highest BCUT2D eigenvalue weighted by atomic mass is 79.9. The van der Waals surface area contributed by atoms with Crippen molar-refractivity contribution in [2.75, 3.05) is 0 Å². The first-order valence-electron chi connectivity index (χ1n) is 9.64. The Balaban J connectivity index is 1.54. The summed E-state index contributed by atoms with van der Waals surface area (Å²) in [5, 5.41) is 22.9. The fourth-order valence-corrected chi connectivity index (χ4v) is 3.66. The first kappa shape index (κ1) is 19.8. The van der Waals surface area contributed by atoms with E-state index in [-0.39, 0.29) is 17.4 Å². The van der Waals surface area contributed by atoms with Crippen molar-refractivity contribution in [3.63, 3.8) is 0 Å². The Morgan fingerprint density at radius 1 is 1.00 bits per heavy atom. The maximum absolute atomic E-state index is 12.8. The van der Waals surface area contributed by atoms with E-state index < -0.39 is 5.91 Å². The maximum Gasteiger partial charge on any atom is 0.335 e. The topological polar surface area (TPSA) is 109 Å². The summed E-state index contributed by atoms with van der Waals surface area (Å²) in [6.07, 6.45) is 0. The quantitative estimate of drug-likeness (QED) is 0.312. The van der Waals surface area contributed by atoms with Gasteiger partial charge in [0.15, 0.2) is 11.5 Å². The molecule has 2 heterocycles. The molecule has 0 fully saturated rings. The molecule has 156 valence electrons. The van der Waals surface area contributed by atoms with Gasteiger partial charge in [0.25, 0.3) is 0 Å². The van der Waals surface area contributed by atoms with Crippen LogP contribution in [0.2, 0.25) is 0 Å². The van der Waals surface area contributed by atoms with Crippen molar-refractivity contribution in [1.82, 2.24) is 19.7 Å². The first-order valence-corrected chi connectivity index (χ1v) is 10.4. The van der Waals surface area contributed by atoms with Crippen molar-refractivity contribution in [2.45, 2.75) is 0 Å². The second-order valence-corrected chi connectivity index (χ2v) is 7.81. The predicted octanol–water partition coefficient (Wildman–Crippen LogP) is 5.81. The second-order valence-electron chi connectivity index (χ2n) is 6.89. The summed E-state index contributed by atoms with van der Waals surface area (Å²) in [4.78, 5) is 20.0. The molecule has 0 unspecified atom stereocenters. The Hall–Kier alpha value is -4.11. The first-order chi connectivity index (χ1) is 15.6. The second kappa shape index (κ2) is 8.20. The zero-order valence-electron chi connectivity index (χ0n) is 16.5. The number of hydrogen-bond donors (Lipinski definition) is 2. The molecule has 0 saturated carbocycles. The monoisotopic (exact) mass is 486 g/mol. The fraction of sp³-hybridized carbons (Fsp3) is 0. The molecule has 2 N–H and O–H groups in total. The molecule has 2 aromatic heterocycles. The van der Waals surface area contributed by atoms with Crippen LogP contribution in [-0.2, 0) is 0 Å². The number of hydrogen-bond acceptors (Lipinski definition) is 5. The molecular formula is C23H15BrN6O2. The van der Waals surface area contributed by atoms with Crippen LogP contribution >= 0.6 is 15.9 Å². The number of nitrogens with one attached hydrogen (secondary N) is 1. The summed E-state index contributed by atoms with van der Waals surface area (Å²) in [5.41, 5.74) is 2.40. The molecule has 0 saturated heterocycles. The molecule has 0 aliphatic heterocycles. The van der Waals surface area contributed by atoms with Gasteiger partial charge in [0.05, 0.1) is 11.2 Å². The summed E-state index contributed by atoms with van der Waals surface area (Å²) in [5.74, 6) is -0.491. The zero-order valence-corrected chi connectivity index (χ0v) is 18.1. The third-order valence-corrected chi connectivity index (χ3v) is 5.28. The van der Waals surface area contributed by atoms with Gasteiger partial charge in [-0.25, -0.2) is 9.67 Å². The molecule has 0 spiro atoms. The summed E-state index contributed by atoms with van der Waals surface area (Å²) in [6.45, 7) is 0. The minimum absolute atomic E-state index is 0.100. The number of carbonyl (C=O) groups excluding carboxylic acids is 1. The maximum atomic E-state index is 12.8. The van der Waals surface area contributed by atoms with Gasteiger partial charge >= 0.3 is 5.91 Å². The Labute approximate surface area is 190 Å². The van der Waals surface area contributed by atoms with Gasteiger partial charge in [-0.1, -0.05) is 64.5 Å². The molecule has 0 aliphatic rings. The molecule has 1 amide bonds. The number of aromatic amines is 1. The van der Waals surface area contributed by atoms with Crippen LogP contribution in [0.25, 0.3) is 28.0 Å². The van der Waals surface area contributed by atoms with Gasteiger partial charge < -0.3 is 10.1 Å². The lowest BCUT2D eigenvalue weighted by atomic mass is 10.2. The average Bonchev–Trinajstić information content (AvgIpc) is 3.40. The fourth-order valence-electron chi connectivity index (χ4n) is 3.30. The number of halogens is 1. The van der Waals surface area contributed by atoms with Crippen LogP contribution in [0.1, 0.15) is 10.6 Å². The third-order valence-electron chi connectivity index (χ3n) is 4.79. The van der Waals surface area contributed by atoms with Gasteiger partial charge in [-0.15, -0.1) is 15.3 Å². The van der Waals surface area contributed by atoms with E-state index in [4.69, 9.17) is 0 Å². The Morgan fingerprint density at radius 3 is 2.47 bits per heavy atom. The molecule has 8 nitrogen and oxygen atoms in total. The van der Waals surface area contributed by atoms with Crippen LogP contribution in [0.5, 0.6) is 5.88 Å². The number of fused-ring (bicyclic) bond motifs is 1. The lowest BCUT2D eigenvalue weighted by Gasteiger charge is -2.05. The number of benzene rings is 3. The summed E-state index contributed by atoms with van der Waals surface area (Å²) in [7, 11) is 0. The largest absolute Gasteiger partial charge is 0.493 e. The lowest BCUT2D eigenvalue weighted by molar-refractivity contribution is 0.0985. The van der Waals surface area contributed by atoms with E-state index in [1.807, 2.05) is 66.7 Å². The smallest absolute Gasteiger partial charge is 0.335 e. The van der Waals surface area contributed by atoms with Crippen LogP contribution in [0.3, 0.4) is 0 Å². The van der Waals surface area contributed by atoms with Gasteiger partial charge in [-0.2, -0.15) is 0 Å². The predicted molar refractivity (Wildman–Crippen MR) is 123 cm³/mol. The molecule has 5 aromatic rings. The molecule has 9 heteroatoms. The van der Waals surface area contributed by atoms with Crippen LogP contribution in [0.4, 0.5) is 5.69 Å². The lowest BCUT2D eigenvalue weighted by Crippen LogP contribution is -2.01. The van der Waals surface area contributed by atoms with Crippen molar-refractivity contribution in [3.8, 4) is 23.0 Å². The van der Waals surface area contributed by atoms with Gasteiger partial charge in [0, 0.05) is 15.4 Å². The Morgan fingerprint density at radius 2 is 1.72 bits per heavy atom. The van der Waals surface area contributed by atoms with Gasteiger partial charge in [0.2, 0.25) is 11.7 Å². The van der Waals surface area contributed by atoms with E-state index in [1.165, 1.54) is 0 Å². The number of carbonyl (C=O) groups is 1. The molecule has 3 aromatic carbocycles. The van der Waals surface area contributed by atoms with E-state index in [2.05, 4.69) is 41.2 Å². The number of aromatic hydroxyl groups is 1. The number of aromatic nitrogens is 4. The number of azo groups is 1. The number of H-pyrrole nitrogens is 1. The average molecular weight is 487 g/mol. The minimum Gasteiger partial charge on any atom is -0.493 e. The third kappa shape index (κ3) is 3.69. The van der Waals surface area contributed by atoms with Crippen LogP contribution < -0.4 is 0 Å². The molecule has 5 rings (SSSR count). The van der Waals surface area contributed by atoms with Crippen molar-refractivity contribution >= 4 is 38.4 Å². The molecule has 32 heavy (non-hydrogen) atoms. The molecule has 0 aliphatic carbocycles. The number of amides is 1. The van der Waals surface area contributed by atoms with Crippen LogP contribution in [0.15, 0.2) is 93.6 Å². The van der Waals surface area contributed by atoms with Gasteiger partial charge in [-0.3, -0.25) is 4.79 Å². The van der Waals surface area contributed by atoms with Crippen molar-refractivity contribution in [1.29, 1.82) is 0 Å². The van der Waals surface area contributed by atoms with E-state index in [9.17, 15) is 9.90 Å². The zero-order chi connectivity index (χ0) is 22.1. The number of nitrogens with zero attached hydrogens (tertiary/aromatic N) is 5. The van der Waals surface area contributed by atoms with Crippen LogP contribution in [0, 0.1) is 0 Å². The van der Waals surface area contributed by atoms with E-state index in [1.54, 1.807) is 16.8 Å². The highest BCUT2D eigenvalue weighted by Crippen LogP contribution is 2.37. The van der Waals surface area contributed by atoms with E-state index >= 15 is 0 Å². The molecule has 0 atom stereocenters. The number of rotatable bonds is 4. The normalized spacial score (nSPS) is 11.4. The SMILES string of the molecule is O=C(N=Nc1c(O)[nH]c2ccc(Br)cc12)c1nc(-c2ccccc2)n(-c2ccccc2)n1. The highest BCUT2D eigenvalue weighted by Gasteiger charge is 2.19. The Bertz CT molecular complexity index is 1400. The van der Waals surface area contributed by atoms with Crippen molar-refractivity contribution in [3.05, 3.63) is 89.2 Å². The van der Waals surface area contributed by atoms with Crippen LogP contribution in [-0.4, -0.2) is 30.8 Å².